The molecule has 3 rings (SSSR count). The highest BCUT2D eigenvalue weighted by Crippen LogP contribution is 2.33. The number of fused-ring (bicyclic) bond motifs is 1. The molecule has 1 amide bonds. The van der Waals surface area contributed by atoms with E-state index in [0.29, 0.717) is 18.8 Å². The Bertz CT molecular complexity index is 754. The molecule has 6 heteroatoms. The van der Waals surface area contributed by atoms with E-state index in [4.69, 9.17) is 9.47 Å². The SMILES string of the molecule is CCCCN(Cc1ccc2c(c1)OCO2)C(=O)c1cc(C)nn1CC. The predicted molar refractivity (Wildman–Crippen MR) is 94.9 cm³/mol. The van der Waals surface area contributed by atoms with Gasteiger partial charge < -0.3 is 14.4 Å². The zero-order valence-electron chi connectivity index (χ0n) is 15.1. The molecule has 1 aromatic heterocycles. The molecule has 1 aliphatic heterocycles. The normalized spacial score (nSPS) is 12.4. The van der Waals surface area contributed by atoms with Gasteiger partial charge in [-0.2, -0.15) is 5.10 Å². The molecule has 0 unspecified atom stereocenters. The van der Waals surface area contributed by atoms with Crippen LogP contribution in [0.25, 0.3) is 0 Å². The lowest BCUT2D eigenvalue weighted by molar-refractivity contribution is 0.0728. The van der Waals surface area contributed by atoms with Gasteiger partial charge in [0.2, 0.25) is 6.79 Å². The first-order valence-corrected chi connectivity index (χ1v) is 8.84. The second-order valence-electron chi connectivity index (χ2n) is 6.25. The molecule has 2 heterocycles. The number of carbonyl (C=O) groups is 1. The van der Waals surface area contributed by atoms with Crippen LogP contribution in [0.15, 0.2) is 24.3 Å². The molecule has 134 valence electrons. The average molecular weight is 343 g/mol. The van der Waals surface area contributed by atoms with Crippen LogP contribution in [0, 0.1) is 6.92 Å². The third kappa shape index (κ3) is 3.78. The van der Waals surface area contributed by atoms with E-state index in [-0.39, 0.29) is 12.7 Å². The van der Waals surface area contributed by atoms with Gasteiger partial charge in [-0.05, 0) is 44.0 Å². The van der Waals surface area contributed by atoms with Crippen molar-refractivity contribution >= 4 is 5.91 Å². The Morgan fingerprint density at radius 2 is 2.04 bits per heavy atom. The van der Waals surface area contributed by atoms with Gasteiger partial charge in [-0.3, -0.25) is 9.48 Å². The zero-order valence-corrected chi connectivity index (χ0v) is 15.1. The number of carbonyl (C=O) groups excluding carboxylic acids is 1. The highest BCUT2D eigenvalue weighted by molar-refractivity contribution is 5.92. The van der Waals surface area contributed by atoms with Gasteiger partial charge in [0.15, 0.2) is 11.5 Å². The van der Waals surface area contributed by atoms with Crippen LogP contribution in [0.2, 0.25) is 0 Å². The minimum Gasteiger partial charge on any atom is -0.454 e. The summed E-state index contributed by atoms with van der Waals surface area (Å²) in [6, 6.07) is 7.71. The smallest absolute Gasteiger partial charge is 0.272 e. The van der Waals surface area contributed by atoms with Gasteiger partial charge in [0.25, 0.3) is 5.91 Å². The highest BCUT2D eigenvalue weighted by Gasteiger charge is 2.21. The van der Waals surface area contributed by atoms with Crippen molar-refractivity contribution in [2.75, 3.05) is 13.3 Å². The van der Waals surface area contributed by atoms with Crippen molar-refractivity contribution in [2.24, 2.45) is 0 Å². The van der Waals surface area contributed by atoms with Gasteiger partial charge >= 0.3 is 0 Å². The summed E-state index contributed by atoms with van der Waals surface area (Å²) in [4.78, 5) is 15.0. The van der Waals surface area contributed by atoms with E-state index in [1.165, 1.54) is 0 Å². The third-order valence-electron chi connectivity index (χ3n) is 4.30. The van der Waals surface area contributed by atoms with Gasteiger partial charge in [-0.1, -0.05) is 19.4 Å². The lowest BCUT2D eigenvalue weighted by Crippen LogP contribution is -2.33. The fourth-order valence-corrected chi connectivity index (χ4v) is 2.98. The molecule has 0 fully saturated rings. The van der Waals surface area contributed by atoms with Crippen LogP contribution in [-0.2, 0) is 13.1 Å². The summed E-state index contributed by atoms with van der Waals surface area (Å²) in [5, 5.41) is 4.40. The Hall–Kier alpha value is -2.50. The highest BCUT2D eigenvalue weighted by atomic mass is 16.7. The van der Waals surface area contributed by atoms with Crippen LogP contribution < -0.4 is 9.47 Å². The second kappa shape index (κ2) is 7.59. The van der Waals surface area contributed by atoms with Crippen molar-refractivity contribution in [3.05, 3.63) is 41.2 Å². The Labute approximate surface area is 148 Å². The minimum absolute atomic E-state index is 0.0218. The number of hydrogen-bond donors (Lipinski definition) is 0. The molecule has 0 bridgehead atoms. The Morgan fingerprint density at radius 3 is 2.80 bits per heavy atom. The van der Waals surface area contributed by atoms with Gasteiger partial charge in [-0.25, -0.2) is 0 Å². The Kier molecular flexibility index (Phi) is 5.26. The van der Waals surface area contributed by atoms with Crippen molar-refractivity contribution in [1.82, 2.24) is 14.7 Å². The molecular formula is C19H25N3O3. The molecule has 0 saturated heterocycles. The van der Waals surface area contributed by atoms with Crippen molar-refractivity contribution < 1.29 is 14.3 Å². The van der Waals surface area contributed by atoms with Crippen LogP contribution in [0.5, 0.6) is 11.5 Å². The van der Waals surface area contributed by atoms with E-state index in [1.54, 1.807) is 4.68 Å². The minimum atomic E-state index is 0.0218. The first kappa shape index (κ1) is 17.3. The maximum Gasteiger partial charge on any atom is 0.272 e. The first-order chi connectivity index (χ1) is 12.1. The van der Waals surface area contributed by atoms with Crippen molar-refractivity contribution in [2.45, 2.75) is 46.7 Å². The Morgan fingerprint density at radius 1 is 1.24 bits per heavy atom. The molecule has 6 nitrogen and oxygen atoms in total. The zero-order chi connectivity index (χ0) is 17.8. The summed E-state index contributed by atoms with van der Waals surface area (Å²) >= 11 is 0. The van der Waals surface area contributed by atoms with Crippen LogP contribution in [0.4, 0.5) is 0 Å². The summed E-state index contributed by atoms with van der Waals surface area (Å²) < 4.78 is 12.6. The fraction of sp³-hybridized carbons (Fsp3) is 0.474. The number of unbranched alkanes of at least 4 members (excludes halogenated alkanes) is 1. The molecule has 0 radical (unpaired) electrons. The number of aryl methyl sites for hydroxylation is 2. The summed E-state index contributed by atoms with van der Waals surface area (Å²) in [6.07, 6.45) is 2.01. The number of ether oxygens (including phenoxy) is 2. The van der Waals surface area contributed by atoms with Crippen LogP contribution >= 0.6 is 0 Å². The van der Waals surface area contributed by atoms with E-state index in [0.717, 1.165) is 42.1 Å². The number of hydrogen-bond acceptors (Lipinski definition) is 4. The summed E-state index contributed by atoms with van der Waals surface area (Å²) in [5.74, 6) is 1.53. The van der Waals surface area contributed by atoms with Crippen molar-refractivity contribution in [1.29, 1.82) is 0 Å². The van der Waals surface area contributed by atoms with Crippen molar-refractivity contribution in [3.8, 4) is 11.5 Å². The molecular weight excluding hydrogens is 318 g/mol. The topological polar surface area (TPSA) is 56.6 Å². The number of nitrogens with zero attached hydrogens (tertiary/aromatic N) is 3. The average Bonchev–Trinajstić information content (AvgIpc) is 3.23. The lowest BCUT2D eigenvalue weighted by Gasteiger charge is -2.23. The van der Waals surface area contributed by atoms with E-state index >= 15 is 0 Å². The maximum absolute atomic E-state index is 13.1. The molecule has 0 spiro atoms. The molecule has 2 aromatic rings. The van der Waals surface area contributed by atoms with Gasteiger partial charge in [0.05, 0.1) is 5.69 Å². The van der Waals surface area contributed by atoms with E-state index in [1.807, 2.05) is 43.0 Å². The van der Waals surface area contributed by atoms with Crippen molar-refractivity contribution in [3.63, 3.8) is 0 Å². The number of benzene rings is 1. The van der Waals surface area contributed by atoms with Crippen LogP contribution in [0.1, 0.15) is 48.4 Å². The first-order valence-electron chi connectivity index (χ1n) is 8.84. The molecule has 0 N–H and O–H groups in total. The number of amides is 1. The molecule has 1 aliphatic rings. The molecule has 0 saturated carbocycles. The van der Waals surface area contributed by atoms with Gasteiger partial charge in [0.1, 0.15) is 5.69 Å². The summed E-state index contributed by atoms with van der Waals surface area (Å²) in [7, 11) is 0. The Balaban J connectivity index is 1.82. The largest absolute Gasteiger partial charge is 0.454 e. The van der Waals surface area contributed by atoms with Crippen LogP contribution in [0.3, 0.4) is 0 Å². The fourth-order valence-electron chi connectivity index (χ4n) is 2.98. The number of aromatic nitrogens is 2. The van der Waals surface area contributed by atoms with Gasteiger partial charge in [-0.15, -0.1) is 0 Å². The predicted octanol–water partition coefficient (Wildman–Crippen LogP) is 3.38. The van der Waals surface area contributed by atoms with Gasteiger partial charge in [0, 0.05) is 19.6 Å². The van der Waals surface area contributed by atoms with E-state index in [2.05, 4.69) is 12.0 Å². The quantitative estimate of drug-likeness (QED) is 0.773. The summed E-state index contributed by atoms with van der Waals surface area (Å²) in [5.41, 5.74) is 2.55. The maximum atomic E-state index is 13.1. The monoisotopic (exact) mass is 343 g/mol. The number of rotatable bonds is 7. The van der Waals surface area contributed by atoms with Crippen LogP contribution in [-0.4, -0.2) is 33.9 Å². The lowest BCUT2D eigenvalue weighted by atomic mass is 10.1. The molecule has 25 heavy (non-hydrogen) atoms. The summed E-state index contributed by atoms with van der Waals surface area (Å²) in [6.45, 7) is 8.24. The molecule has 0 aliphatic carbocycles. The second-order valence-corrected chi connectivity index (χ2v) is 6.25. The third-order valence-corrected chi connectivity index (χ3v) is 4.30. The standard InChI is InChI=1S/C19H25N3O3/c1-4-6-9-21(19(23)16-10-14(3)20-22(16)5-2)12-15-7-8-17-18(11-15)25-13-24-17/h7-8,10-11H,4-6,9,12-13H2,1-3H3. The molecule has 0 atom stereocenters. The molecule has 1 aromatic carbocycles. The van der Waals surface area contributed by atoms with E-state index < -0.39 is 0 Å². The van der Waals surface area contributed by atoms with E-state index in [9.17, 15) is 4.79 Å².